The molecular weight excluding hydrogens is 366 g/mol. The number of carbonyl (C=O) groups is 1. The first-order chi connectivity index (χ1) is 13.0. The van der Waals surface area contributed by atoms with Gasteiger partial charge >= 0.3 is 0 Å². The zero-order valence-corrected chi connectivity index (χ0v) is 15.9. The lowest BCUT2D eigenvalue weighted by Crippen LogP contribution is -2.49. The number of anilines is 1. The summed E-state index contributed by atoms with van der Waals surface area (Å²) in [4.78, 5) is 27.3. The smallest absolute Gasteiger partial charge is 0.292 e. The molecule has 7 nitrogen and oxygen atoms in total. The van der Waals surface area contributed by atoms with Gasteiger partial charge in [0.1, 0.15) is 5.69 Å². The molecule has 0 aromatic heterocycles. The first-order valence-corrected chi connectivity index (χ1v) is 10.3. The van der Waals surface area contributed by atoms with Gasteiger partial charge in [-0.25, -0.2) is 0 Å². The van der Waals surface area contributed by atoms with Crippen molar-refractivity contribution in [3.05, 3.63) is 69.8 Å². The summed E-state index contributed by atoms with van der Waals surface area (Å²) < 4.78 is 11.4. The number of rotatable bonds is 5. The predicted octanol–water partition coefficient (Wildman–Crippen LogP) is 2.44. The van der Waals surface area contributed by atoms with E-state index in [-0.39, 0.29) is 16.5 Å². The van der Waals surface area contributed by atoms with E-state index in [0.29, 0.717) is 43.2 Å². The van der Waals surface area contributed by atoms with Gasteiger partial charge in [-0.2, -0.15) is 0 Å². The molecule has 0 radical (unpaired) electrons. The number of nitrogens with zero attached hydrogens (tertiary/aromatic N) is 3. The van der Waals surface area contributed by atoms with Crippen LogP contribution in [-0.4, -0.2) is 52.4 Å². The van der Waals surface area contributed by atoms with E-state index in [1.165, 1.54) is 6.07 Å². The van der Waals surface area contributed by atoms with E-state index in [4.69, 9.17) is 0 Å². The molecule has 0 spiro atoms. The van der Waals surface area contributed by atoms with Crippen LogP contribution in [0.3, 0.4) is 0 Å². The van der Waals surface area contributed by atoms with Crippen LogP contribution in [0.4, 0.5) is 11.4 Å². The maximum atomic E-state index is 12.8. The van der Waals surface area contributed by atoms with E-state index in [9.17, 15) is 19.1 Å². The Labute approximate surface area is 160 Å². The average molecular weight is 387 g/mol. The lowest BCUT2D eigenvalue weighted by atomic mass is 10.1. The third-order valence-corrected chi connectivity index (χ3v) is 5.27. The van der Waals surface area contributed by atoms with Crippen LogP contribution in [0.15, 0.2) is 48.5 Å². The van der Waals surface area contributed by atoms with Gasteiger partial charge in [0.25, 0.3) is 11.6 Å². The lowest BCUT2D eigenvalue weighted by Gasteiger charge is -2.35. The van der Waals surface area contributed by atoms with Gasteiger partial charge in [-0.15, -0.1) is 0 Å². The van der Waals surface area contributed by atoms with Crippen molar-refractivity contribution < 1.29 is 13.9 Å². The second-order valence-electron chi connectivity index (χ2n) is 6.44. The molecule has 1 aliphatic rings. The number of hydrogen-bond donors (Lipinski definition) is 0. The van der Waals surface area contributed by atoms with E-state index in [1.54, 1.807) is 47.6 Å². The normalized spacial score (nSPS) is 15.4. The molecular formula is C19H21N3O4S. The summed E-state index contributed by atoms with van der Waals surface area (Å²) in [6.07, 6.45) is 1.64. The van der Waals surface area contributed by atoms with E-state index >= 15 is 0 Å². The Morgan fingerprint density at radius 3 is 2.48 bits per heavy atom. The van der Waals surface area contributed by atoms with Gasteiger partial charge < -0.3 is 9.80 Å². The van der Waals surface area contributed by atoms with Gasteiger partial charge in [0.15, 0.2) is 0 Å². The van der Waals surface area contributed by atoms with Crippen LogP contribution in [0, 0.1) is 10.1 Å². The fourth-order valence-corrected chi connectivity index (χ4v) is 3.90. The second kappa shape index (κ2) is 8.30. The maximum Gasteiger partial charge on any atom is 0.292 e. The molecule has 1 aliphatic heterocycles. The molecule has 0 aliphatic carbocycles. The third-order valence-electron chi connectivity index (χ3n) is 4.53. The van der Waals surface area contributed by atoms with Crippen molar-refractivity contribution in [3.63, 3.8) is 0 Å². The minimum atomic E-state index is -0.962. The Balaban J connectivity index is 1.68. The highest BCUT2D eigenvalue weighted by Crippen LogP contribution is 2.28. The molecule has 0 bridgehead atoms. The van der Waals surface area contributed by atoms with Gasteiger partial charge in [0.05, 0.1) is 4.92 Å². The first kappa shape index (κ1) is 19.0. The van der Waals surface area contributed by atoms with Crippen molar-refractivity contribution in [2.24, 2.45) is 0 Å². The molecule has 8 heteroatoms. The summed E-state index contributed by atoms with van der Waals surface area (Å²) in [6, 6.07) is 13.9. The molecule has 3 rings (SSSR count). The summed E-state index contributed by atoms with van der Waals surface area (Å²) in [6.45, 7) is 2.06. The van der Waals surface area contributed by atoms with Crippen molar-refractivity contribution in [1.82, 2.24) is 4.90 Å². The molecule has 0 N–H and O–H groups in total. The Morgan fingerprint density at radius 2 is 1.81 bits per heavy atom. The van der Waals surface area contributed by atoms with E-state index < -0.39 is 10.8 Å². The molecule has 1 saturated heterocycles. The summed E-state index contributed by atoms with van der Waals surface area (Å²) >= 11 is 0. The average Bonchev–Trinajstić information content (AvgIpc) is 2.67. The molecule has 2 aromatic rings. The van der Waals surface area contributed by atoms with Crippen LogP contribution in [0.5, 0.6) is 0 Å². The highest BCUT2D eigenvalue weighted by molar-refractivity contribution is 7.83. The van der Waals surface area contributed by atoms with Gasteiger partial charge in [-0.1, -0.05) is 24.3 Å². The van der Waals surface area contributed by atoms with Crippen LogP contribution in [0.2, 0.25) is 0 Å². The first-order valence-electron chi connectivity index (χ1n) is 8.62. The molecule has 142 valence electrons. The monoisotopic (exact) mass is 387 g/mol. The predicted molar refractivity (Wildman–Crippen MR) is 105 cm³/mol. The zero-order chi connectivity index (χ0) is 19.4. The summed E-state index contributed by atoms with van der Waals surface area (Å²) in [7, 11) is -0.962. The number of carbonyl (C=O) groups excluding carboxylic acids is 1. The lowest BCUT2D eigenvalue weighted by molar-refractivity contribution is -0.384. The SMILES string of the molecule is CS(=O)Cc1cccc(C(=O)N2CCN(c3ccccc3[N+](=O)[O-])CC2)c1. The Morgan fingerprint density at radius 1 is 1.11 bits per heavy atom. The number of piperazine rings is 1. The zero-order valence-electron chi connectivity index (χ0n) is 15.0. The Kier molecular flexibility index (Phi) is 5.85. The van der Waals surface area contributed by atoms with Crippen molar-refractivity contribution >= 4 is 28.1 Å². The molecule has 2 aromatic carbocycles. The third kappa shape index (κ3) is 4.51. The molecule has 0 saturated carbocycles. The van der Waals surface area contributed by atoms with Crippen molar-refractivity contribution in [3.8, 4) is 0 Å². The van der Waals surface area contributed by atoms with Crippen molar-refractivity contribution in [1.29, 1.82) is 0 Å². The van der Waals surface area contributed by atoms with Gasteiger partial charge in [0.2, 0.25) is 0 Å². The highest BCUT2D eigenvalue weighted by atomic mass is 32.2. The Hall–Kier alpha value is -2.74. The minimum Gasteiger partial charge on any atom is -0.362 e. The number of para-hydroxylation sites is 2. The molecule has 1 amide bonds. The van der Waals surface area contributed by atoms with Crippen molar-refractivity contribution in [2.75, 3.05) is 37.3 Å². The number of nitro benzene ring substituents is 1. The molecule has 1 fully saturated rings. The maximum absolute atomic E-state index is 12.8. The van der Waals surface area contributed by atoms with E-state index in [0.717, 1.165) is 5.56 Å². The number of amides is 1. The highest BCUT2D eigenvalue weighted by Gasteiger charge is 2.26. The minimum absolute atomic E-state index is 0.0686. The summed E-state index contributed by atoms with van der Waals surface area (Å²) in [5.74, 6) is 0.355. The number of benzene rings is 2. The van der Waals surface area contributed by atoms with Gasteiger partial charge in [0, 0.05) is 60.6 Å². The summed E-state index contributed by atoms with van der Waals surface area (Å²) in [5, 5.41) is 11.2. The van der Waals surface area contributed by atoms with E-state index in [2.05, 4.69) is 0 Å². The van der Waals surface area contributed by atoms with Crippen LogP contribution < -0.4 is 4.90 Å². The molecule has 27 heavy (non-hydrogen) atoms. The molecule has 1 unspecified atom stereocenters. The fraction of sp³-hybridized carbons (Fsp3) is 0.316. The second-order valence-corrected chi connectivity index (χ2v) is 7.88. The van der Waals surface area contributed by atoms with Gasteiger partial charge in [-0.3, -0.25) is 19.1 Å². The standard InChI is InChI=1S/C19H21N3O4S/c1-27(26)14-15-5-4-6-16(13-15)19(23)21-11-9-20(10-12-21)17-7-2-3-8-18(17)22(24)25/h2-8,13H,9-12,14H2,1H3. The fourth-order valence-electron chi connectivity index (χ4n) is 3.25. The van der Waals surface area contributed by atoms with Crippen LogP contribution >= 0.6 is 0 Å². The largest absolute Gasteiger partial charge is 0.362 e. The van der Waals surface area contributed by atoms with Crippen LogP contribution in [-0.2, 0) is 16.6 Å². The summed E-state index contributed by atoms with van der Waals surface area (Å²) in [5.41, 5.74) is 2.12. The van der Waals surface area contributed by atoms with Crippen molar-refractivity contribution in [2.45, 2.75) is 5.75 Å². The molecule has 1 heterocycles. The van der Waals surface area contributed by atoms with Crippen LogP contribution in [0.25, 0.3) is 0 Å². The molecule has 1 atom stereocenters. The Bertz CT molecular complexity index is 879. The number of hydrogen-bond acceptors (Lipinski definition) is 5. The topological polar surface area (TPSA) is 83.8 Å². The van der Waals surface area contributed by atoms with Crippen LogP contribution in [0.1, 0.15) is 15.9 Å². The quantitative estimate of drug-likeness (QED) is 0.581. The van der Waals surface area contributed by atoms with E-state index in [1.807, 2.05) is 11.0 Å². The van der Waals surface area contributed by atoms with Gasteiger partial charge in [-0.05, 0) is 23.8 Å². The number of nitro groups is 1.